The second kappa shape index (κ2) is 4.20. The summed E-state index contributed by atoms with van der Waals surface area (Å²) >= 11 is 0. The monoisotopic (exact) mass is 197 g/mol. The van der Waals surface area contributed by atoms with Crippen molar-refractivity contribution in [1.29, 1.82) is 0 Å². The molecule has 2 saturated carbocycles. The molecule has 14 heavy (non-hydrogen) atoms. The third-order valence-electron chi connectivity index (χ3n) is 3.16. The van der Waals surface area contributed by atoms with Crippen LogP contribution in [0, 0.1) is 11.8 Å². The molecule has 1 amide bonds. The summed E-state index contributed by atoms with van der Waals surface area (Å²) in [7, 11) is 0. The molecular weight excluding hydrogens is 178 g/mol. The van der Waals surface area contributed by atoms with Crippen molar-refractivity contribution in [3.8, 4) is 0 Å². The van der Waals surface area contributed by atoms with Crippen LogP contribution in [-0.4, -0.2) is 18.7 Å². The van der Waals surface area contributed by atoms with E-state index < -0.39 is 0 Å². The number of ether oxygens (including phenoxy) is 1. The predicted molar refractivity (Wildman–Crippen MR) is 54.0 cm³/mol. The molecule has 0 aromatic rings. The first-order valence-electron chi connectivity index (χ1n) is 5.74. The fourth-order valence-corrected chi connectivity index (χ4v) is 1.76. The molecule has 0 radical (unpaired) electrons. The topological polar surface area (TPSA) is 38.3 Å². The highest BCUT2D eigenvalue weighted by atomic mass is 16.6. The fraction of sp³-hybridized carbons (Fsp3) is 0.909. The maximum atomic E-state index is 11.2. The van der Waals surface area contributed by atoms with Crippen molar-refractivity contribution in [2.75, 3.05) is 6.54 Å². The Morgan fingerprint density at radius 1 is 1.50 bits per heavy atom. The van der Waals surface area contributed by atoms with Gasteiger partial charge in [-0.05, 0) is 31.1 Å². The van der Waals surface area contributed by atoms with Gasteiger partial charge in [0.15, 0.2) is 0 Å². The summed E-state index contributed by atoms with van der Waals surface area (Å²) in [6.45, 7) is 2.92. The standard InChI is InChI=1S/C11H19NO2/c1-2-9-7-10(9)14-11(13)12-6-5-8-3-4-8/h8-10H,2-7H2,1H3,(H,12,13). The van der Waals surface area contributed by atoms with E-state index in [4.69, 9.17) is 4.74 Å². The fourth-order valence-electron chi connectivity index (χ4n) is 1.76. The average molecular weight is 197 g/mol. The number of hydrogen-bond donors (Lipinski definition) is 1. The van der Waals surface area contributed by atoms with Gasteiger partial charge in [-0.3, -0.25) is 0 Å². The molecule has 80 valence electrons. The van der Waals surface area contributed by atoms with E-state index >= 15 is 0 Å². The molecule has 0 saturated heterocycles. The van der Waals surface area contributed by atoms with Crippen molar-refractivity contribution in [2.24, 2.45) is 11.8 Å². The molecule has 2 aliphatic carbocycles. The Hall–Kier alpha value is -0.730. The van der Waals surface area contributed by atoms with Gasteiger partial charge in [0.2, 0.25) is 0 Å². The summed E-state index contributed by atoms with van der Waals surface area (Å²) in [5.74, 6) is 1.50. The first-order valence-corrected chi connectivity index (χ1v) is 5.74. The van der Waals surface area contributed by atoms with Gasteiger partial charge in [0.25, 0.3) is 0 Å². The minimum absolute atomic E-state index is 0.209. The third-order valence-corrected chi connectivity index (χ3v) is 3.16. The molecule has 0 spiro atoms. The SMILES string of the molecule is CCC1CC1OC(=O)NCCC1CC1. The molecule has 2 aliphatic rings. The van der Waals surface area contributed by atoms with Crippen LogP contribution in [-0.2, 0) is 4.74 Å². The van der Waals surface area contributed by atoms with Gasteiger partial charge in [-0.1, -0.05) is 19.8 Å². The zero-order valence-electron chi connectivity index (χ0n) is 8.79. The molecule has 0 heterocycles. The van der Waals surface area contributed by atoms with Crippen molar-refractivity contribution < 1.29 is 9.53 Å². The Labute approximate surface area is 85.2 Å². The van der Waals surface area contributed by atoms with Crippen LogP contribution in [0.4, 0.5) is 4.79 Å². The van der Waals surface area contributed by atoms with Crippen LogP contribution in [0.1, 0.15) is 39.0 Å². The van der Waals surface area contributed by atoms with Crippen molar-refractivity contribution in [3.05, 3.63) is 0 Å². The van der Waals surface area contributed by atoms with Gasteiger partial charge in [0.05, 0.1) is 0 Å². The zero-order valence-corrected chi connectivity index (χ0v) is 8.79. The maximum Gasteiger partial charge on any atom is 0.407 e. The lowest BCUT2D eigenvalue weighted by Crippen LogP contribution is -2.26. The van der Waals surface area contributed by atoms with Crippen LogP contribution in [0.3, 0.4) is 0 Å². The van der Waals surface area contributed by atoms with E-state index in [2.05, 4.69) is 12.2 Å². The lowest BCUT2D eigenvalue weighted by molar-refractivity contribution is 0.133. The summed E-state index contributed by atoms with van der Waals surface area (Å²) < 4.78 is 5.22. The Morgan fingerprint density at radius 2 is 2.29 bits per heavy atom. The van der Waals surface area contributed by atoms with Gasteiger partial charge in [0, 0.05) is 6.54 Å². The number of amides is 1. The molecule has 2 rings (SSSR count). The summed E-state index contributed by atoms with van der Waals surface area (Å²) in [5.41, 5.74) is 0. The normalized spacial score (nSPS) is 29.8. The van der Waals surface area contributed by atoms with Gasteiger partial charge >= 0.3 is 6.09 Å². The van der Waals surface area contributed by atoms with E-state index in [0.29, 0.717) is 5.92 Å². The molecular formula is C11H19NO2. The van der Waals surface area contributed by atoms with Crippen molar-refractivity contribution in [1.82, 2.24) is 5.32 Å². The largest absolute Gasteiger partial charge is 0.446 e. The number of carbonyl (C=O) groups is 1. The molecule has 0 aromatic carbocycles. The predicted octanol–water partition coefficient (Wildman–Crippen LogP) is 2.31. The molecule has 0 aromatic heterocycles. The highest BCUT2D eigenvalue weighted by Gasteiger charge is 2.38. The lowest BCUT2D eigenvalue weighted by Gasteiger charge is -2.05. The van der Waals surface area contributed by atoms with Crippen LogP contribution in [0.2, 0.25) is 0 Å². The first kappa shape index (κ1) is 9.81. The Bertz CT molecular complexity index is 213. The van der Waals surface area contributed by atoms with Crippen LogP contribution >= 0.6 is 0 Å². The first-order chi connectivity index (χ1) is 6.79. The Morgan fingerprint density at radius 3 is 2.86 bits per heavy atom. The van der Waals surface area contributed by atoms with E-state index in [1.807, 2.05) is 0 Å². The van der Waals surface area contributed by atoms with Gasteiger partial charge in [-0.2, -0.15) is 0 Å². The van der Waals surface area contributed by atoms with Gasteiger partial charge in [-0.25, -0.2) is 4.79 Å². The second-order valence-electron chi connectivity index (χ2n) is 4.51. The van der Waals surface area contributed by atoms with Gasteiger partial charge in [-0.15, -0.1) is 0 Å². The van der Waals surface area contributed by atoms with Crippen LogP contribution in [0.15, 0.2) is 0 Å². The zero-order chi connectivity index (χ0) is 9.97. The number of carbonyl (C=O) groups excluding carboxylic acids is 1. The highest BCUT2D eigenvalue weighted by molar-refractivity contribution is 5.67. The van der Waals surface area contributed by atoms with Crippen LogP contribution in [0.25, 0.3) is 0 Å². The van der Waals surface area contributed by atoms with E-state index in [1.54, 1.807) is 0 Å². The van der Waals surface area contributed by atoms with Crippen LogP contribution < -0.4 is 5.32 Å². The minimum Gasteiger partial charge on any atom is -0.446 e. The summed E-state index contributed by atoms with van der Waals surface area (Å²) in [6, 6.07) is 0. The molecule has 2 fully saturated rings. The Kier molecular flexibility index (Phi) is 2.94. The van der Waals surface area contributed by atoms with Crippen molar-refractivity contribution in [2.45, 2.75) is 45.1 Å². The Balaban J connectivity index is 1.50. The number of alkyl carbamates (subject to hydrolysis) is 1. The molecule has 0 bridgehead atoms. The van der Waals surface area contributed by atoms with Gasteiger partial charge < -0.3 is 10.1 Å². The summed E-state index contributed by atoms with van der Waals surface area (Å²) in [5, 5.41) is 2.81. The van der Waals surface area contributed by atoms with Gasteiger partial charge in [0.1, 0.15) is 6.10 Å². The maximum absolute atomic E-state index is 11.2. The van der Waals surface area contributed by atoms with Crippen molar-refractivity contribution >= 4 is 6.09 Å². The molecule has 0 aliphatic heterocycles. The number of nitrogens with one attached hydrogen (secondary N) is 1. The summed E-state index contributed by atoms with van der Waals surface area (Å²) in [4.78, 5) is 11.2. The van der Waals surface area contributed by atoms with E-state index in [1.165, 1.54) is 12.8 Å². The van der Waals surface area contributed by atoms with E-state index in [0.717, 1.165) is 31.7 Å². The second-order valence-corrected chi connectivity index (χ2v) is 4.51. The number of rotatable bonds is 5. The lowest BCUT2D eigenvalue weighted by atomic mass is 10.3. The molecule has 1 N–H and O–H groups in total. The molecule has 3 nitrogen and oxygen atoms in total. The van der Waals surface area contributed by atoms with Crippen molar-refractivity contribution in [3.63, 3.8) is 0 Å². The van der Waals surface area contributed by atoms with E-state index in [-0.39, 0.29) is 12.2 Å². The molecule has 2 atom stereocenters. The third kappa shape index (κ3) is 2.89. The summed E-state index contributed by atoms with van der Waals surface area (Å²) in [6.07, 6.45) is 5.99. The highest BCUT2D eigenvalue weighted by Crippen LogP contribution is 2.36. The minimum atomic E-state index is -0.216. The quantitative estimate of drug-likeness (QED) is 0.734. The molecule has 2 unspecified atom stereocenters. The average Bonchev–Trinajstić information content (AvgIpc) is 2.99. The van der Waals surface area contributed by atoms with Crippen LogP contribution in [0.5, 0.6) is 0 Å². The number of hydrogen-bond acceptors (Lipinski definition) is 2. The molecule has 3 heteroatoms. The smallest absolute Gasteiger partial charge is 0.407 e. The van der Waals surface area contributed by atoms with E-state index in [9.17, 15) is 4.79 Å².